The average molecular weight is 250 g/mol. The Morgan fingerprint density at radius 2 is 2.06 bits per heavy atom. The van der Waals surface area contributed by atoms with Crippen LogP contribution in [-0.2, 0) is 4.74 Å². The van der Waals surface area contributed by atoms with Gasteiger partial charge in [-0.1, -0.05) is 13.8 Å². The van der Waals surface area contributed by atoms with Gasteiger partial charge in [0.15, 0.2) is 0 Å². The van der Waals surface area contributed by atoms with Crippen LogP contribution in [0.2, 0.25) is 0 Å². The molecule has 4 heteroatoms. The molecule has 1 aromatic heterocycles. The standard InChI is InChI=1S/C14H22N2O2/c1-10(2)5-6-11(3)18-14(17)12-7-8-13(15-4)16-9-12/h7-11H,5-6H2,1-4H3,(H,15,16). The zero-order valence-electron chi connectivity index (χ0n) is 11.6. The van der Waals surface area contributed by atoms with Gasteiger partial charge in [-0.05, 0) is 37.8 Å². The largest absolute Gasteiger partial charge is 0.459 e. The minimum Gasteiger partial charge on any atom is -0.459 e. The summed E-state index contributed by atoms with van der Waals surface area (Å²) in [6, 6.07) is 3.48. The molecule has 0 fully saturated rings. The molecule has 1 rings (SSSR count). The van der Waals surface area contributed by atoms with E-state index in [1.165, 1.54) is 6.20 Å². The Balaban J connectivity index is 2.48. The molecular weight excluding hydrogens is 228 g/mol. The normalized spacial score (nSPS) is 12.3. The fraction of sp³-hybridized carbons (Fsp3) is 0.571. The molecule has 0 aromatic carbocycles. The van der Waals surface area contributed by atoms with Crippen LogP contribution in [0.3, 0.4) is 0 Å². The summed E-state index contributed by atoms with van der Waals surface area (Å²) in [6.07, 6.45) is 3.43. The molecule has 1 unspecified atom stereocenters. The molecule has 0 aliphatic heterocycles. The van der Waals surface area contributed by atoms with Crippen molar-refractivity contribution in [2.45, 2.75) is 39.7 Å². The third-order valence-corrected chi connectivity index (χ3v) is 2.71. The summed E-state index contributed by atoms with van der Waals surface area (Å²) in [6.45, 7) is 6.25. The summed E-state index contributed by atoms with van der Waals surface area (Å²) in [7, 11) is 1.79. The average Bonchev–Trinajstić information content (AvgIpc) is 2.36. The molecule has 0 radical (unpaired) electrons. The zero-order valence-corrected chi connectivity index (χ0v) is 11.6. The van der Waals surface area contributed by atoms with Gasteiger partial charge < -0.3 is 10.1 Å². The lowest BCUT2D eigenvalue weighted by Gasteiger charge is -2.14. The van der Waals surface area contributed by atoms with Gasteiger partial charge in [0, 0.05) is 13.2 Å². The molecule has 0 aliphatic rings. The molecule has 18 heavy (non-hydrogen) atoms. The number of carbonyl (C=O) groups excluding carboxylic acids is 1. The monoisotopic (exact) mass is 250 g/mol. The Morgan fingerprint density at radius 1 is 1.33 bits per heavy atom. The van der Waals surface area contributed by atoms with Crippen molar-refractivity contribution in [3.8, 4) is 0 Å². The van der Waals surface area contributed by atoms with Gasteiger partial charge in [-0.15, -0.1) is 0 Å². The first kappa shape index (κ1) is 14.5. The quantitative estimate of drug-likeness (QED) is 0.788. The molecule has 1 aromatic rings. The topological polar surface area (TPSA) is 51.2 Å². The molecule has 1 N–H and O–H groups in total. The molecular formula is C14H22N2O2. The van der Waals surface area contributed by atoms with Crippen LogP contribution >= 0.6 is 0 Å². The summed E-state index contributed by atoms with van der Waals surface area (Å²) >= 11 is 0. The number of aromatic nitrogens is 1. The highest BCUT2D eigenvalue weighted by molar-refractivity contribution is 5.89. The number of carbonyl (C=O) groups is 1. The number of pyridine rings is 1. The van der Waals surface area contributed by atoms with E-state index in [-0.39, 0.29) is 12.1 Å². The van der Waals surface area contributed by atoms with Crippen LogP contribution < -0.4 is 5.32 Å². The Hall–Kier alpha value is -1.58. The molecule has 0 amide bonds. The maximum atomic E-state index is 11.8. The van der Waals surface area contributed by atoms with Crippen molar-refractivity contribution in [1.82, 2.24) is 4.98 Å². The number of hydrogen-bond acceptors (Lipinski definition) is 4. The van der Waals surface area contributed by atoms with Gasteiger partial charge in [0.1, 0.15) is 5.82 Å². The summed E-state index contributed by atoms with van der Waals surface area (Å²) in [5.74, 6) is 1.06. The number of nitrogens with zero attached hydrogens (tertiary/aromatic N) is 1. The maximum absolute atomic E-state index is 11.8. The Bertz CT molecular complexity index is 374. The predicted molar refractivity (Wildman–Crippen MR) is 72.7 cm³/mol. The third-order valence-electron chi connectivity index (χ3n) is 2.71. The molecule has 0 spiro atoms. The van der Waals surface area contributed by atoms with E-state index in [9.17, 15) is 4.79 Å². The van der Waals surface area contributed by atoms with E-state index < -0.39 is 0 Å². The van der Waals surface area contributed by atoms with E-state index >= 15 is 0 Å². The van der Waals surface area contributed by atoms with Gasteiger partial charge in [0.05, 0.1) is 11.7 Å². The summed E-state index contributed by atoms with van der Waals surface area (Å²) in [4.78, 5) is 15.9. The molecule has 1 atom stereocenters. The van der Waals surface area contributed by atoms with Crippen molar-refractivity contribution in [2.24, 2.45) is 5.92 Å². The lowest BCUT2D eigenvalue weighted by atomic mass is 10.1. The van der Waals surface area contributed by atoms with Crippen molar-refractivity contribution in [2.75, 3.05) is 12.4 Å². The maximum Gasteiger partial charge on any atom is 0.339 e. The second-order valence-electron chi connectivity index (χ2n) is 4.87. The predicted octanol–water partition coefficient (Wildman–Crippen LogP) is 3.10. The fourth-order valence-electron chi connectivity index (χ4n) is 1.54. The number of anilines is 1. The van der Waals surface area contributed by atoms with Crippen LogP contribution in [0.4, 0.5) is 5.82 Å². The first-order valence-corrected chi connectivity index (χ1v) is 6.37. The van der Waals surface area contributed by atoms with E-state index in [4.69, 9.17) is 4.74 Å². The SMILES string of the molecule is CNc1ccc(C(=O)OC(C)CCC(C)C)cn1. The number of ether oxygens (including phenoxy) is 1. The van der Waals surface area contributed by atoms with E-state index in [1.807, 2.05) is 6.92 Å². The number of nitrogens with one attached hydrogen (secondary N) is 1. The van der Waals surface area contributed by atoms with E-state index in [0.29, 0.717) is 11.5 Å². The minimum absolute atomic E-state index is 0.0520. The first-order chi connectivity index (χ1) is 8.52. The van der Waals surface area contributed by atoms with E-state index in [1.54, 1.807) is 19.2 Å². The molecule has 0 bridgehead atoms. The molecule has 0 saturated heterocycles. The second-order valence-corrected chi connectivity index (χ2v) is 4.87. The lowest BCUT2D eigenvalue weighted by molar-refractivity contribution is 0.0313. The van der Waals surface area contributed by atoms with Crippen LogP contribution in [0.25, 0.3) is 0 Å². The third kappa shape index (κ3) is 4.73. The molecule has 0 saturated carbocycles. The first-order valence-electron chi connectivity index (χ1n) is 6.37. The van der Waals surface area contributed by atoms with Crippen molar-refractivity contribution < 1.29 is 9.53 Å². The summed E-state index contributed by atoms with van der Waals surface area (Å²) in [5, 5.41) is 2.90. The van der Waals surface area contributed by atoms with Crippen LogP contribution in [0.5, 0.6) is 0 Å². The Labute approximate surface area is 109 Å². The van der Waals surface area contributed by atoms with Gasteiger partial charge in [-0.2, -0.15) is 0 Å². The van der Waals surface area contributed by atoms with Crippen molar-refractivity contribution >= 4 is 11.8 Å². The number of hydrogen-bond donors (Lipinski definition) is 1. The Kier molecular flexibility index (Phi) is 5.62. The Morgan fingerprint density at radius 3 is 2.56 bits per heavy atom. The van der Waals surface area contributed by atoms with Gasteiger partial charge >= 0.3 is 5.97 Å². The molecule has 100 valence electrons. The zero-order chi connectivity index (χ0) is 13.5. The highest BCUT2D eigenvalue weighted by Gasteiger charge is 2.12. The van der Waals surface area contributed by atoms with Crippen molar-refractivity contribution in [1.29, 1.82) is 0 Å². The summed E-state index contributed by atoms with van der Waals surface area (Å²) < 4.78 is 5.36. The number of esters is 1. The second kappa shape index (κ2) is 6.99. The van der Waals surface area contributed by atoms with Crippen molar-refractivity contribution in [3.05, 3.63) is 23.9 Å². The summed E-state index contributed by atoms with van der Waals surface area (Å²) in [5.41, 5.74) is 0.491. The highest BCUT2D eigenvalue weighted by Crippen LogP contribution is 2.12. The van der Waals surface area contributed by atoms with E-state index in [0.717, 1.165) is 18.7 Å². The number of rotatable bonds is 6. The highest BCUT2D eigenvalue weighted by atomic mass is 16.5. The van der Waals surface area contributed by atoms with Crippen LogP contribution in [-0.4, -0.2) is 24.1 Å². The minimum atomic E-state index is -0.304. The lowest BCUT2D eigenvalue weighted by Crippen LogP contribution is -2.16. The van der Waals surface area contributed by atoms with Gasteiger partial charge in [-0.3, -0.25) is 0 Å². The molecule has 1 heterocycles. The van der Waals surface area contributed by atoms with Gasteiger partial charge in [-0.25, -0.2) is 9.78 Å². The van der Waals surface area contributed by atoms with Crippen LogP contribution in [0, 0.1) is 5.92 Å². The van der Waals surface area contributed by atoms with Gasteiger partial charge in [0.25, 0.3) is 0 Å². The van der Waals surface area contributed by atoms with Crippen LogP contribution in [0.1, 0.15) is 44.0 Å². The molecule has 0 aliphatic carbocycles. The van der Waals surface area contributed by atoms with Crippen molar-refractivity contribution in [3.63, 3.8) is 0 Å². The van der Waals surface area contributed by atoms with Gasteiger partial charge in [0.2, 0.25) is 0 Å². The fourth-order valence-corrected chi connectivity index (χ4v) is 1.54. The molecule has 4 nitrogen and oxygen atoms in total. The van der Waals surface area contributed by atoms with Crippen LogP contribution in [0.15, 0.2) is 18.3 Å². The van der Waals surface area contributed by atoms with E-state index in [2.05, 4.69) is 24.1 Å². The smallest absolute Gasteiger partial charge is 0.339 e.